The Hall–Kier alpha value is -1.77. The van der Waals surface area contributed by atoms with Crippen LogP contribution in [-0.2, 0) is 0 Å². The zero-order chi connectivity index (χ0) is 11.0. The van der Waals surface area contributed by atoms with Crippen LogP contribution in [0, 0.1) is 0 Å². The SMILES string of the molecule is C=C(C)c1c(OC)ccc2c1OCC2=O. The molecule has 1 aliphatic rings. The van der Waals surface area contributed by atoms with Crippen molar-refractivity contribution >= 4 is 11.4 Å². The summed E-state index contributed by atoms with van der Waals surface area (Å²) in [4.78, 5) is 11.4. The van der Waals surface area contributed by atoms with Crippen molar-refractivity contribution in [2.24, 2.45) is 0 Å². The molecule has 3 nitrogen and oxygen atoms in total. The summed E-state index contributed by atoms with van der Waals surface area (Å²) < 4.78 is 10.6. The quantitative estimate of drug-likeness (QED) is 0.741. The van der Waals surface area contributed by atoms with Gasteiger partial charge >= 0.3 is 0 Å². The van der Waals surface area contributed by atoms with Gasteiger partial charge in [-0.1, -0.05) is 6.58 Å². The molecule has 78 valence electrons. The highest BCUT2D eigenvalue weighted by Gasteiger charge is 2.26. The number of hydrogen-bond donors (Lipinski definition) is 0. The number of hydrogen-bond acceptors (Lipinski definition) is 3. The first-order chi connectivity index (χ1) is 7.15. The Labute approximate surface area is 88.3 Å². The van der Waals surface area contributed by atoms with E-state index in [9.17, 15) is 4.79 Å². The molecule has 0 atom stereocenters. The van der Waals surface area contributed by atoms with E-state index in [0.29, 0.717) is 17.1 Å². The highest BCUT2D eigenvalue weighted by molar-refractivity contribution is 6.04. The minimum atomic E-state index is 0.00940. The van der Waals surface area contributed by atoms with Crippen LogP contribution in [0.3, 0.4) is 0 Å². The maximum absolute atomic E-state index is 11.4. The largest absolute Gasteiger partial charge is 0.496 e. The van der Waals surface area contributed by atoms with Crippen molar-refractivity contribution in [2.45, 2.75) is 6.92 Å². The number of ether oxygens (including phenoxy) is 2. The van der Waals surface area contributed by atoms with Crippen molar-refractivity contribution in [3.63, 3.8) is 0 Å². The molecule has 2 rings (SSSR count). The summed E-state index contributed by atoms with van der Waals surface area (Å²) in [6.45, 7) is 5.84. The van der Waals surface area contributed by atoms with E-state index in [-0.39, 0.29) is 12.4 Å². The lowest BCUT2D eigenvalue weighted by atomic mass is 10.0. The first-order valence-electron chi connectivity index (χ1n) is 4.68. The molecule has 0 amide bonds. The highest BCUT2D eigenvalue weighted by atomic mass is 16.5. The summed E-state index contributed by atoms with van der Waals surface area (Å²) in [7, 11) is 1.59. The van der Waals surface area contributed by atoms with Crippen LogP contribution in [0.2, 0.25) is 0 Å². The van der Waals surface area contributed by atoms with Gasteiger partial charge in [0.25, 0.3) is 0 Å². The molecule has 0 saturated carbocycles. The molecule has 0 aliphatic carbocycles. The Morgan fingerprint density at radius 1 is 1.53 bits per heavy atom. The van der Waals surface area contributed by atoms with Gasteiger partial charge in [-0.3, -0.25) is 4.79 Å². The maximum Gasteiger partial charge on any atom is 0.203 e. The first kappa shape index (κ1) is 9.77. The average molecular weight is 204 g/mol. The van der Waals surface area contributed by atoms with Crippen LogP contribution < -0.4 is 9.47 Å². The topological polar surface area (TPSA) is 35.5 Å². The van der Waals surface area contributed by atoms with E-state index in [1.807, 2.05) is 6.92 Å². The summed E-state index contributed by atoms with van der Waals surface area (Å²) in [6, 6.07) is 3.51. The van der Waals surface area contributed by atoms with Crippen molar-refractivity contribution in [1.29, 1.82) is 0 Å². The van der Waals surface area contributed by atoms with Crippen molar-refractivity contribution in [1.82, 2.24) is 0 Å². The predicted octanol–water partition coefficient (Wildman–Crippen LogP) is 2.30. The van der Waals surface area contributed by atoms with Gasteiger partial charge in [-0.2, -0.15) is 0 Å². The van der Waals surface area contributed by atoms with Crippen LogP contribution in [0.4, 0.5) is 0 Å². The molecule has 0 fully saturated rings. The van der Waals surface area contributed by atoms with Gasteiger partial charge in [-0.05, 0) is 24.6 Å². The van der Waals surface area contributed by atoms with Gasteiger partial charge in [0.1, 0.15) is 11.5 Å². The molecule has 15 heavy (non-hydrogen) atoms. The number of rotatable bonds is 2. The van der Waals surface area contributed by atoms with Crippen LogP contribution >= 0.6 is 0 Å². The number of carbonyl (C=O) groups excluding carboxylic acids is 1. The highest BCUT2D eigenvalue weighted by Crippen LogP contribution is 2.39. The number of ketones is 1. The Kier molecular flexibility index (Phi) is 2.23. The third kappa shape index (κ3) is 1.40. The van der Waals surface area contributed by atoms with Crippen LogP contribution in [0.1, 0.15) is 22.8 Å². The minimum Gasteiger partial charge on any atom is -0.496 e. The van der Waals surface area contributed by atoms with Crippen molar-refractivity contribution in [2.75, 3.05) is 13.7 Å². The molecular formula is C12H12O3. The number of methoxy groups -OCH3 is 1. The molecule has 1 aromatic carbocycles. The lowest BCUT2D eigenvalue weighted by Crippen LogP contribution is -1.98. The fourth-order valence-electron chi connectivity index (χ4n) is 1.72. The van der Waals surface area contributed by atoms with Crippen molar-refractivity contribution in [3.8, 4) is 11.5 Å². The van der Waals surface area contributed by atoms with E-state index in [0.717, 1.165) is 11.1 Å². The van der Waals surface area contributed by atoms with Gasteiger partial charge in [0.05, 0.1) is 18.2 Å². The molecule has 0 radical (unpaired) electrons. The fourth-order valence-corrected chi connectivity index (χ4v) is 1.72. The molecule has 0 spiro atoms. The van der Waals surface area contributed by atoms with Gasteiger partial charge in [-0.25, -0.2) is 0 Å². The molecule has 0 saturated heterocycles. The second-order valence-corrected chi connectivity index (χ2v) is 3.51. The Morgan fingerprint density at radius 2 is 2.27 bits per heavy atom. The number of allylic oxidation sites excluding steroid dienone is 1. The second-order valence-electron chi connectivity index (χ2n) is 3.51. The summed E-state index contributed by atoms with van der Waals surface area (Å²) in [5.74, 6) is 1.30. The van der Waals surface area contributed by atoms with E-state index in [1.165, 1.54) is 0 Å². The summed E-state index contributed by atoms with van der Waals surface area (Å²) in [5.41, 5.74) is 2.24. The monoisotopic (exact) mass is 204 g/mol. The fraction of sp³-hybridized carbons (Fsp3) is 0.250. The first-order valence-corrected chi connectivity index (χ1v) is 4.68. The molecule has 0 bridgehead atoms. The maximum atomic E-state index is 11.4. The third-order valence-electron chi connectivity index (χ3n) is 2.41. The van der Waals surface area contributed by atoms with E-state index in [2.05, 4.69) is 6.58 Å². The van der Waals surface area contributed by atoms with Crippen LogP contribution in [-0.4, -0.2) is 19.5 Å². The van der Waals surface area contributed by atoms with E-state index >= 15 is 0 Å². The Balaban J connectivity index is 2.68. The van der Waals surface area contributed by atoms with Crippen molar-refractivity contribution < 1.29 is 14.3 Å². The summed E-state index contributed by atoms with van der Waals surface area (Å²) in [6.07, 6.45) is 0. The van der Waals surface area contributed by atoms with Gasteiger partial charge in [0.15, 0.2) is 6.61 Å². The summed E-state index contributed by atoms with van der Waals surface area (Å²) >= 11 is 0. The summed E-state index contributed by atoms with van der Waals surface area (Å²) in [5, 5.41) is 0. The second kappa shape index (κ2) is 3.42. The molecule has 1 heterocycles. The van der Waals surface area contributed by atoms with Crippen LogP contribution in [0.25, 0.3) is 5.57 Å². The lowest BCUT2D eigenvalue weighted by Gasteiger charge is -2.11. The molecule has 0 aromatic heterocycles. The zero-order valence-corrected chi connectivity index (χ0v) is 8.79. The van der Waals surface area contributed by atoms with Gasteiger partial charge in [0.2, 0.25) is 5.78 Å². The lowest BCUT2D eigenvalue weighted by molar-refractivity contribution is 0.0961. The molecule has 1 aromatic rings. The zero-order valence-electron chi connectivity index (χ0n) is 8.79. The van der Waals surface area contributed by atoms with Gasteiger partial charge in [-0.15, -0.1) is 0 Å². The van der Waals surface area contributed by atoms with Crippen molar-refractivity contribution in [3.05, 3.63) is 29.8 Å². The molecule has 0 N–H and O–H groups in total. The number of carbonyl (C=O) groups is 1. The number of benzene rings is 1. The molecule has 3 heteroatoms. The van der Waals surface area contributed by atoms with E-state index < -0.39 is 0 Å². The third-order valence-corrected chi connectivity index (χ3v) is 2.41. The van der Waals surface area contributed by atoms with Gasteiger partial charge in [0, 0.05) is 0 Å². The predicted molar refractivity (Wildman–Crippen MR) is 57.5 cm³/mol. The number of fused-ring (bicyclic) bond motifs is 1. The smallest absolute Gasteiger partial charge is 0.203 e. The van der Waals surface area contributed by atoms with Crippen LogP contribution in [0.5, 0.6) is 11.5 Å². The van der Waals surface area contributed by atoms with E-state index in [4.69, 9.17) is 9.47 Å². The van der Waals surface area contributed by atoms with Crippen LogP contribution in [0.15, 0.2) is 18.7 Å². The molecular weight excluding hydrogens is 192 g/mol. The minimum absolute atomic E-state index is 0.00940. The Morgan fingerprint density at radius 3 is 2.87 bits per heavy atom. The normalized spacial score (nSPS) is 13.3. The van der Waals surface area contributed by atoms with E-state index in [1.54, 1.807) is 19.2 Å². The van der Waals surface area contributed by atoms with Gasteiger partial charge < -0.3 is 9.47 Å². The Bertz CT molecular complexity index is 446. The number of Topliss-reactive ketones (excluding diaryl/α,β-unsaturated/α-hetero) is 1. The standard InChI is InChI=1S/C12H12O3/c1-7(2)11-10(14-3)5-4-8-9(13)6-15-12(8)11/h4-5H,1,6H2,2-3H3. The average Bonchev–Trinajstić information content (AvgIpc) is 2.58. The molecule has 0 unspecified atom stereocenters. The molecule has 1 aliphatic heterocycles.